The van der Waals surface area contributed by atoms with Gasteiger partial charge in [0, 0.05) is 17.1 Å². The number of halogens is 1. The molecule has 128 valence electrons. The normalized spacial score (nSPS) is 11.1. The zero-order chi connectivity index (χ0) is 17.7. The number of sulfonamides is 1. The van der Waals surface area contributed by atoms with Crippen LogP contribution in [0.15, 0.2) is 48.5 Å². The number of hydrogen-bond acceptors (Lipinski definition) is 3. The van der Waals surface area contributed by atoms with E-state index < -0.39 is 10.0 Å². The number of para-hydroxylation sites is 1. The van der Waals surface area contributed by atoms with Crippen LogP contribution in [0.3, 0.4) is 0 Å². The maximum absolute atomic E-state index is 12.1. The van der Waals surface area contributed by atoms with Crippen LogP contribution in [-0.2, 0) is 10.0 Å². The third kappa shape index (κ3) is 4.72. The van der Waals surface area contributed by atoms with Gasteiger partial charge in [-0.3, -0.25) is 9.10 Å². The van der Waals surface area contributed by atoms with Crippen molar-refractivity contribution in [2.24, 2.45) is 0 Å². The molecule has 0 spiro atoms. The van der Waals surface area contributed by atoms with Gasteiger partial charge in [0.1, 0.15) is 0 Å². The molecule has 0 atom stereocenters. The first-order chi connectivity index (χ1) is 11.3. The van der Waals surface area contributed by atoms with E-state index in [1.807, 2.05) is 19.1 Å². The molecule has 0 aliphatic rings. The maximum atomic E-state index is 12.1. The Morgan fingerprint density at radius 3 is 2.33 bits per heavy atom. The number of rotatable bonds is 6. The monoisotopic (exact) mass is 366 g/mol. The Labute approximate surface area is 147 Å². The molecule has 7 heteroatoms. The fourth-order valence-corrected chi connectivity index (χ4v) is 3.39. The third-order valence-corrected chi connectivity index (χ3v) is 4.92. The average molecular weight is 367 g/mol. The number of anilines is 1. The Hall–Kier alpha value is -2.05. The highest BCUT2D eigenvalue weighted by atomic mass is 35.5. The molecule has 0 bridgehead atoms. The van der Waals surface area contributed by atoms with Gasteiger partial charge in [-0.25, -0.2) is 8.42 Å². The molecule has 2 aromatic rings. The summed E-state index contributed by atoms with van der Waals surface area (Å²) in [6, 6.07) is 13.7. The molecule has 0 unspecified atom stereocenters. The summed E-state index contributed by atoms with van der Waals surface area (Å²) in [5, 5.41) is 3.27. The molecule has 0 aliphatic heterocycles. The van der Waals surface area contributed by atoms with Crippen molar-refractivity contribution in [1.82, 2.24) is 5.32 Å². The van der Waals surface area contributed by atoms with E-state index in [9.17, 15) is 13.2 Å². The van der Waals surface area contributed by atoms with Crippen LogP contribution in [0.4, 0.5) is 5.69 Å². The Kier molecular flexibility index (Phi) is 5.85. The zero-order valence-corrected chi connectivity index (χ0v) is 15.1. The van der Waals surface area contributed by atoms with E-state index >= 15 is 0 Å². The van der Waals surface area contributed by atoms with E-state index in [2.05, 4.69) is 5.32 Å². The van der Waals surface area contributed by atoms with Gasteiger partial charge in [-0.05, 0) is 42.8 Å². The van der Waals surface area contributed by atoms with Crippen molar-refractivity contribution in [2.45, 2.75) is 6.92 Å². The van der Waals surface area contributed by atoms with E-state index in [-0.39, 0.29) is 19.0 Å². The lowest BCUT2D eigenvalue weighted by Gasteiger charge is -2.24. The van der Waals surface area contributed by atoms with Crippen LogP contribution in [0.5, 0.6) is 0 Å². The van der Waals surface area contributed by atoms with Gasteiger partial charge >= 0.3 is 0 Å². The fraction of sp³-hybridized carbons (Fsp3) is 0.235. The molecule has 0 aliphatic carbocycles. The van der Waals surface area contributed by atoms with Crippen molar-refractivity contribution in [3.8, 4) is 0 Å². The van der Waals surface area contributed by atoms with Crippen molar-refractivity contribution in [1.29, 1.82) is 0 Å². The summed E-state index contributed by atoms with van der Waals surface area (Å²) in [6.07, 6.45) is 1.15. The van der Waals surface area contributed by atoms with Crippen molar-refractivity contribution in [2.75, 3.05) is 23.7 Å². The minimum absolute atomic E-state index is 0.156. The molecule has 0 aromatic heterocycles. The molecule has 5 nitrogen and oxygen atoms in total. The van der Waals surface area contributed by atoms with Crippen LogP contribution >= 0.6 is 11.6 Å². The Bertz CT molecular complexity index is 820. The van der Waals surface area contributed by atoms with Crippen LogP contribution in [0, 0.1) is 6.92 Å². The molecule has 1 amide bonds. The zero-order valence-electron chi connectivity index (χ0n) is 13.5. The summed E-state index contributed by atoms with van der Waals surface area (Å²) in [6.45, 7) is 2.20. The smallest absolute Gasteiger partial charge is 0.251 e. The Balaban J connectivity index is 2.05. The lowest BCUT2D eigenvalue weighted by molar-refractivity contribution is 0.0955. The van der Waals surface area contributed by atoms with Crippen LogP contribution in [0.25, 0.3) is 0 Å². The molecule has 0 radical (unpaired) electrons. The largest absolute Gasteiger partial charge is 0.350 e. The molecule has 0 fully saturated rings. The second kappa shape index (κ2) is 7.68. The number of nitrogens with one attached hydrogen (secondary N) is 1. The van der Waals surface area contributed by atoms with Crippen molar-refractivity contribution in [3.63, 3.8) is 0 Å². The van der Waals surface area contributed by atoms with Crippen LogP contribution < -0.4 is 9.62 Å². The molecule has 0 saturated carbocycles. The van der Waals surface area contributed by atoms with Crippen molar-refractivity contribution < 1.29 is 13.2 Å². The first-order valence-electron chi connectivity index (χ1n) is 7.36. The molecule has 24 heavy (non-hydrogen) atoms. The number of amides is 1. The van der Waals surface area contributed by atoms with Gasteiger partial charge in [-0.2, -0.15) is 0 Å². The first-order valence-corrected chi connectivity index (χ1v) is 9.59. The maximum Gasteiger partial charge on any atom is 0.251 e. The van der Waals surface area contributed by atoms with Gasteiger partial charge in [0.05, 0.1) is 18.5 Å². The topological polar surface area (TPSA) is 66.5 Å². The van der Waals surface area contributed by atoms with Crippen molar-refractivity contribution >= 4 is 33.2 Å². The molecular weight excluding hydrogens is 348 g/mol. The summed E-state index contributed by atoms with van der Waals surface area (Å²) < 4.78 is 25.4. The second-order valence-electron chi connectivity index (χ2n) is 5.38. The highest BCUT2D eigenvalue weighted by Crippen LogP contribution is 2.21. The summed E-state index contributed by atoms with van der Waals surface area (Å²) in [5.74, 6) is -0.273. The van der Waals surface area contributed by atoms with Gasteiger partial charge < -0.3 is 5.32 Å². The Morgan fingerprint density at radius 2 is 1.75 bits per heavy atom. The van der Waals surface area contributed by atoms with Crippen LogP contribution in [0.2, 0.25) is 5.02 Å². The average Bonchev–Trinajstić information content (AvgIpc) is 2.52. The predicted octanol–water partition coefficient (Wildman–Crippen LogP) is 2.84. The first kappa shape index (κ1) is 18.3. The minimum atomic E-state index is -3.44. The summed E-state index contributed by atoms with van der Waals surface area (Å²) in [4.78, 5) is 12.1. The number of hydrogen-bond donors (Lipinski definition) is 1. The standard InChI is InChI=1S/C17H19ClN2O3S/c1-13-5-3-4-6-16(13)20(24(2,22)23)12-11-19-17(21)14-7-9-15(18)10-8-14/h3-10H,11-12H2,1-2H3,(H,19,21). The molecule has 0 heterocycles. The van der Waals surface area contributed by atoms with Gasteiger partial charge in [-0.1, -0.05) is 29.8 Å². The van der Waals surface area contributed by atoms with Crippen LogP contribution in [0.1, 0.15) is 15.9 Å². The number of carbonyl (C=O) groups is 1. The number of carbonyl (C=O) groups excluding carboxylic acids is 1. The number of nitrogens with zero attached hydrogens (tertiary/aromatic N) is 1. The van der Waals surface area contributed by atoms with E-state index in [0.29, 0.717) is 16.3 Å². The summed E-state index contributed by atoms with van der Waals surface area (Å²) in [7, 11) is -3.44. The highest BCUT2D eigenvalue weighted by Gasteiger charge is 2.19. The predicted molar refractivity (Wildman–Crippen MR) is 97.2 cm³/mol. The molecule has 2 aromatic carbocycles. The van der Waals surface area contributed by atoms with E-state index in [4.69, 9.17) is 11.6 Å². The van der Waals surface area contributed by atoms with Crippen LogP contribution in [-0.4, -0.2) is 33.7 Å². The van der Waals surface area contributed by atoms with Gasteiger partial charge in [-0.15, -0.1) is 0 Å². The number of aryl methyl sites for hydroxylation is 1. The third-order valence-electron chi connectivity index (χ3n) is 3.49. The number of benzene rings is 2. The molecule has 0 saturated heterocycles. The molecule has 1 N–H and O–H groups in total. The lowest BCUT2D eigenvalue weighted by atomic mass is 10.2. The SMILES string of the molecule is Cc1ccccc1N(CCNC(=O)c1ccc(Cl)cc1)S(C)(=O)=O. The fourth-order valence-electron chi connectivity index (χ4n) is 2.28. The van der Waals surface area contributed by atoms with E-state index in [0.717, 1.165) is 11.8 Å². The second-order valence-corrected chi connectivity index (χ2v) is 7.73. The lowest BCUT2D eigenvalue weighted by Crippen LogP contribution is -2.38. The minimum Gasteiger partial charge on any atom is -0.350 e. The summed E-state index contributed by atoms with van der Waals surface area (Å²) >= 11 is 5.79. The molecular formula is C17H19ClN2O3S. The summed E-state index contributed by atoms with van der Waals surface area (Å²) in [5.41, 5.74) is 1.94. The highest BCUT2D eigenvalue weighted by molar-refractivity contribution is 7.92. The molecule has 2 rings (SSSR count). The Morgan fingerprint density at radius 1 is 1.12 bits per heavy atom. The van der Waals surface area contributed by atoms with Gasteiger partial charge in [0.15, 0.2) is 0 Å². The van der Waals surface area contributed by atoms with Gasteiger partial charge in [0.25, 0.3) is 5.91 Å². The van der Waals surface area contributed by atoms with E-state index in [1.165, 1.54) is 4.31 Å². The quantitative estimate of drug-likeness (QED) is 0.854. The van der Waals surface area contributed by atoms with Gasteiger partial charge in [0.2, 0.25) is 10.0 Å². The van der Waals surface area contributed by atoms with E-state index in [1.54, 1.807) is 36.4 Å². The van der Waals surface area contributed by atoms with Crippen molar-refractivity contribution in [3.05, 3.63) is 64.7 Å².